The van der Waals surface area contributed by atoms with Crippen LogP contribution in [0.2, 0.25) is 0 Å². The van der Waals surface area contributed by atoms with Gasteiger partial charge < -0.3 is 25.0 Å². The molecule has 3 N–H and O–H groups in total. The number of carbonyl (C=O) groups excluding carboxylic acids is 1. The van der Waals surface area contributed by atoms with E-state index in [-0.39, 0.29) is 11.9 Å². The first-order valence-corrected chi connectivity index (χ1v) is 11.3. The topological polar surface area (TPSA) is 90.5 Å². The Kier molecular flexibility index (Phi) is 5.98. The van der Waals surface area contributed by atoms with Gasteiger partial charge in [0, 0.05) is 54.5 Å². The Balaban J connectivity index is 1.18. The Bertz CT molecular complexity index is 1280. The van der Waals surface area contributed by atoms with Gasteiger partial charge in [0.05, 0.1) is 18.7 Å². The molecular weight excluding hydrogens is 416 g/mol. The summed E-state index contributed by atoms with van der Waals surface area (Å²) < 4.78 is 5.34. The minimum absolute atomic E-state index is 0.0396. The second-order valence-corrected chi connectivity index (χ2v) is 8.63. The van der Waals surface area contributed by atoms with Crippen molar-refractivity contribution in [3.63, 3.8) is 0 Å². The summed E-state index contributed by atoms with van der Waals surface area (Å²) in [6.07, 6.45) is 4.70. The van der Waals surface area contributed by atoms with Crippen LogP contribution in [0.25, 0.3) is 21.8 Å². The molecule has 1 saturated heterocycles. The maximum absolute atomic E-state index is 12.7. The lowest BCUT2D eigenvalue weighted by Crippen LogP contribution is -2.45. The summed E-state index contributed by atoms with van der Waals surface area (Å²) in [6, 6.07) is 15.4. The Morgan fingerprint density at radius 2 is 2.06 bits per heavy atom. The molecule has 1 amide bonds. The largest absolute Gasteiger partial charge is 0.497 e. The average Bonchev–Trinajstić information content (AvgIpc) is 3.32. The molecule has 0 bridgehead atoms. The van der Waals surface area contributed by atoms with Gasteiger partial charge in [-0.3, -0.25) is 9.78 Å². The number of hydrogen-bond donors (Lipinski definition) is 3. The number of benzene rings is 2. The molecular formula is C26H28N4O3. The van der Waals surface area contributed by atoms with Gasteiger partial charge in [0.2, 0.25) is 0 Å². The molecule has 1 atom stereocenters. The lowest BCUT2D eigenvalue weighted by molar-refractivity contribution is 0.0831. The summed E-state index contributed by atoms with van der Waals surface area (Å²) in [5.74, 6) is 0.707. The van der Waals surface area contributed by atoms with Gasteiger partial charge in [-0.2, -0.15) is 0 Å². The third kappa shape index (κ3) is 4.55. The van der Waals surface area contributed by atoms with Crippen LogP contribution in [-0.4, -0.2) is 58.7 Å². The highest BCUT2D eigenvalue weighted by Gasteiger charge is 2.24. The van der Waals surface area contributed by atoms with E-state index in [1.165, 1.54) is 0 Å². The quantitative estimate of drug-likeness (QED) is 0.422. The molecule has 33 heavy (non-hydrogen) atoms. The number of nitrogens with zero attached hydrogens (tertiary/aromatic N) is 2. The van der Waals surface area contributed by atoms with Gasteiger partial charge in [-0.05, 0) is 66.3 Å². The number of rotatable bonds is 6. The van der Waals surface area contributed by atoms with Crippen molar-refractivity contribution >= 4 is 27.7 Å². The van der Waals surface area contributed by atoms with Crippen LogP contribution in [-0.2, 0) is 0 Å². The molecule has 0 aliphatic carbocycles. The van der Waals surface area contributed by atoms with Crippen LogP contribution in [0.15, 0.2) is 60.9 Å². The summed E-state index contributed by atoms with van der Waals surface area (Å²) >= 11 is 0. The van der Waals surface area contributed by atoms with E-state index < -0.39 is 6.10 Å². The van der Waals surface area contributed by atoms with Crippen molar-refractivity contribution < 1.29 is 14.6 Å². The van der Waals surface area contributed by atoms with Crippen LogP contribution in [0.1, 0.15) is 34.9 Å². The molecule has 0 spiro atoms. The van der Waals surface area contributed by atoms with E-state index in [2.05, 4.69) is 20.2 Å². The molecule has 2 aromatic heterocycles. The number of piperidine rings is 1. The Hall–Kier alpha value is -3.42. The lowest BCUT2D eigenvalue weighted by Gasteiger charge is -2.33. The molecule has 5 rings (SSSR count). The molecule has 4 aromatic rings. The standard InChI is InChI=1S/C26H28N4O3/c1-33-20-4-5-23-22(15-20)21(7-11-27-23)25(31)16-30-12-8-19(9-13-30)29-26(32)18-3-2-17-6-10-28-24(17)14-18/h2-7,10-11,14-15,19,25,28,31H,8-9,12-13,16H2,1H3,(H,29,32)/t25-/m0/s1. The maximum atomic E-state index is 12.7. The first-order chi connectivity index (χ1) is 16.1. The Morgan fingerprint density at radius 1 is 1.21 bits per heavy atom. The van der Waals surface area contributed by atoms with E-state index in [4.69, 9.17) is 4.74 Å². The smallest absolute Gasteiger partial charge is 0.251 e. The number of β-amino-alcohol motifs (C(OH)–C–C–N with tert-alkyl or cyclic N) is 1. The molecule has 7 nitrogen and oxygen atoms in total. The number of carbonyl (C=O) groups is 1. The van der Waals surface area contributed by atoms with Crippen molar-refractivity contribution in [1.82, 2.24) is 20.2 Å². The van der Waals surface area contributed by atoms with Gasteiger partial charge >= 0.3 is 0 Å². The predicted molar refractivity (Wildman–Crippen MR) is 128 cm³/mol. The zero-order chi connectivity index (χ0) is 22.8. The number of likely N-dealkylation sites (tertiary alicyclic amines) is 1. The van der Waals surface area contributed by atoms with Crippen molar-refractivity contribution in [3.8, 4) is 5.75 Å². The minimum atomic E-state index is -0.624. The number of aliphatic hydroxyl groups is 1. The molecule has 2 aromatic carbocycles. The van der Waals surface area contributed by atoms with Crippen molar-refractivity contribution in [1.29, 1.82) is 0 Å². The number of hydrogen-bond acceptors (Lipinski definition) is 5. The van der Waals surface area contributed by atoms with Gasteiger partial charge in [-0.1, -0.05) is 6.07 Å². The van der Waals surface area contributed by atoms with Gasteiger partial charge in [0.25, 0.3) is 5.91 Å². The Labute approximate surface area is 192 Å². The monoisotopic (exact) mass is 444 g/mol. The highest BCUT2D eigenvalue weighted by molar-refractivity contribution is 5.98. The maximum Gasteiger partial charge on any atom is 0.251 e. The van der Waals surface area contributed by atoms with Gasteiger partial charge in [-0.15, -0.1) is 0 Å². The van der Waals surface area contributed by atoms with Crippen LogP contribution in [0, 0.1) is 0 Å². The molecule has 0 saturated carbocycles. The summed E-state index contributed by atoms with van der Waals surface area (Å²) in [6.45, 7) is 2.19. The summed E-state index contributed by atoms with van der Waals surface area (Å²) in [5, 5.41) is 16.2. The van der Waals surface area contributed by atoms with Crippen molar-refractivity contribution in [2.45, 2.75) is 25.0 Å². The predicted octanol–water partition coefficient (Wildman–Crippen LogP) is 3.65. The lowest BCUT2D eigenvalue weighted by atomic mass is 10.0. The first kappa shape index (κ1) is 21.4. The molecule has 1 aliphatic rings. The highest BCUT2D eigenvalue weighted by atomic mass is 16.5. The zero-order valence-corrected chi connectivity index (χ0v) is 18.6. The fourth-order valence-corrected chi connectivity index (χ4v) is 4.62. The van der Waals surface area contributed by atoms with E-state index in [0.29, 0.717) is 12.1 Å². The van der Waals surface area contributed by atoms with Crippen molar-refractivity contribution in [3.05, 3.63) is 72.1 Å². The number of aromatic nitrogens is 2. The Morgan fingerprint density at radius 3 is 2.88 bits per heavy atom. The number of pyridine rings is 1. The third-order valence-corrected chi connectivity index (χ3v) is 6.51. The number of amides is 1. The van der Waals surface area contributed by atoms with E-state index in [1.807, 2.05) is 54.7 Å². The van der Waals surface area contributed by atoms with Crippen LogP contribution < -0.4 is 10.1 Å². The van der Waals surface area contributed by atoms with Crippen LogP contribution >= 0.6 is 0 Å². The number of aromatic amines is 1. The number of nitrogens with one attached hydrogen (secondary N) is 2. The van der Waals surface area contributed by atoms with E-state index >= 15 is 0 Å². The molecule has 170 valence electrons. The molecule has 0 radical (unpaired) electrons. The van der Waals surface area contributed by atoms with Crippen molar-refractivity contribution in [2.24, 2.45) is 0 Å². The number of ether oxygens (including phenoxy) is 1. The zero-order valence-electron chi connectivity index (χ0n) is 18.6. The molecule has 0 unspecified atom stereocenters. The molecule has 3 heterocycles. The van der Waals surface area contributed by atoms with Crippen LogP contribution in [0.3, 0.4) is 0 Å². The average molecular weight is 445 g/mol. The van der Waals surface area contributed by atoms with Gasteiger partial charge in [-0.25, -0.2) is 0 Å². The van der Waals surface area contributed by atoms with E-state index in [1.54, 1.807) is 13.3 Å². The number of aliphatic hydroxyl groups excluding tert-OH is 1. The highest BCUT2D eigenvalue weighted by Crippen LogP contribution is 2.28. The van der Waals surface area contributed by atoms with Crippen LogP contribution in [0.5, 0.6) is 5.75 Å². The fraction of sp³-hybridized carbons (Fsp3) is 0.308. The normalized spacial score (nSPS) is 16.2. The first-order valence-electron chi connectivity index (χ1n) is 11.3. The summed E-state index contributed by atoms with van der Waals surface area (Å²) in [5.41, 5.74) is 3.33. The molecule has 1 aliphatic heterocycles. The second-order valence-electron chi connectivity index (χ2n) is 8.63. The van der Waals surface area contributed by atoms with Gasteiger partial charge in [0.1, 0.15) is 5.75 Å². The molecule has 7 heteroatoms. The van der Waals surface area contributed by atoms with Crippen LogP contribution in [0.4, 0.5) is 0 Å². The SMILES string of the molecule is COc1ccc2nccc([C@@H](O)CN3CCC(NC(=O)c4ccc5cc[nH]c5c4)CC3)c2c1. The number of methoxy groups -OCH3 is 1. The van der Waals surface area contributed by atoms with Crippen molar-refractivity contribution in [2.75, 3.05) is 26.7 Å². The van der Waals surface area contributed by atoms with E-state index in [0.717, 1.165) is 59.0 Å². The van der Waals surface area contributed by atoms with Gasteiger partial charge in [0.15, 0.2) is 0 Å². The molecule has 1 fully saturated rings. The summed E-state index contributed by atoms with van der Waals surface area (Å²) in [7, 11) is 1.63. The third-order valence-electron chi connectivity index (χ3n) is 6.51. The van der Waals surface area contributed by atoms with E-state index in [9.17, 15) is 9.90 Å². The summed E-state index contributed by atoms with van der Waals surface area (Å²) in [4.78, 5) is 22.5. The number of fused-ring (bicyclic) bond motifs is 2. The number of H-pyrrole nitrogens is 1. The fourth-order valence-electron chi connectivity index (χ4n) is 4.62. The minimum Gasteiger partial charge on any atom is -0.497 e. The second kappa shape index (κ2) is 9.21.